The first-order valence-corrected chi connectivity index (χ1v) is 8.40. The molecular weight excluding hydrogens is 330 g/mol. The van der Waals surface area contributed by atoms with Crippen LogP contribution in [0.1, 0.15) is 11.1 Å². The summed E-state index contributed by atoms with van der Waals surface area (Å²) in [4.78, 5) is 26.9. The van der Waals surface area contributed by atoms with Gasteiger partial charge in [-0.25, -0.2) is 19.6 Å². The molecule has 0 spiro atoms. The minimum absolute atomic E-state index is 0.0405. The van der Waals surface area contributed by atoms with Gasteiger partial charge >= 0.3 is 0 Å². The number of amides is 1. The SMILES string of the molecule is Cc1ccc(NC(=O)C2CN(c3cc(-n4cncn4)ncn3)C2)c(C)c1. The number of nitrogens with one attached hydrogen (secondary N) is 1. The minimum atomic E-state index is -0.0551. The van der Waals surface area contributed by atoms with Crippen LogP contribution >= 0.6 is 0 Å². The van der Waals surface area contributed by atoms with E-state index < -0.39 is 0 Å². The smallest absolute Gasteiger partial charge is 0.231 e. The molecular formula is C18H19N7O. The number of hydrogen-bond acceptors (Lipinski definition) is 6. The Kier molecular flexibility index (Phi) is 4.08. The first-order valence-electron chi connectivity index (χ1n) is 8.40. The topological polar surface area (TPSA) is 88.8 Å². The highest BCUT2D eigenvalue weighted by Crippen LogP contribution is 2.25. The molecule has 0 aliphatic carbocycles. The van der Waals surface area contributed by atoms with Crippen molar-refractivity contribution in [2.75, 3.05) is 23.3 Å². The van der Waals surface area contributed by atoms with Gasteiger partial charge in [-0.05, 0) is 25.5 Å². The van der Waals surface area contributed by atoms with Crippen molar-refractivity contribution < 1.29 is 4.79 Å². The van der Waals surface area contributed by atoms with Gasteiger partial charge in [0.25, 0.3) is 0 Å². The number of aryl methyl sites for hydroxylation is 2. The second-order valence-corrected chi connectivity index (χ2v) is 6.48. The summed E-state index contributed by atoms with van der Waals surface area (Å²) in [5.74, 6) is 1.41. The van der Waals surface area contributed by atoms with Crippen LogP contribution in [0.3, 0.4) is 0 Å². The monoisotopic (exact) mass is 349 g/mol. The fourth-order valence-corrected chi connectivity index (χ4v) is 2.98. The van der Waals surface area contributed by atoms with Crippen molar-refractivity contribution in [2.24, 2.45) is 5.92 Å². The van der Waals surface area contributed by atoms with Crippen LogP contribution in [0.15, 0.2) is 43.2 Å². The molecule has 0 bridgehead atoms. The van der Waals surface area contributed by atoms with Gasteiger partial charge in [-0.15, -0.1) is 0 Å². The zero-order chi connectivity index (χ0) is 18.1. The molecule has 2 aromatic heterocycles. The van der Waals surface area contributed by atoms with E-state index in [0.29, 0.717) is 18.9 Å². The third-order valence-electron chi connectivity index (χ3n) is 4.51. The van der Waals surface area contributed by atoms with Crippen molar-refractivity contribution >= 4 is 17.4 Å². The molecule has 3 heterocycles. The predicted molar refractivity (Wildman–Crippen MR) is 97.2 cm³/mol. The Bertz CT molecular complexity index is 932. The number of nitrogens with zero attached hydrogens (tertiary/aromatic N) is 6. The van der Waals surface area contributed by atoms with Crippen LogP contribution in [0.25, 0.3) is 5.82 Å². The van der Waals surface area contributed by atoms with Crippen molar-refractivity contribution in [2.45, 2.75) is 13.8 Å². The number of carbonyl (C=O) groups excluding carboxylic acids is 1. The molecule has 1 fully saturated rings. The molecule has 26 heavy (non-hydrogen) atoms. The Hall–Kier alpha value is -3.29. The molecule has 4 rings (SSSR count). The molecule has 1 amide bonds. The summed E-state index contributed by atoms with van der Waals surface area (Å²) >= 11 is 0. The second kappa shape index (κ2) is 6.55. The van der Waals surface area contributed by atoms with Gasteiger partial charge < -0.3 is 10.2 Å². The third kappa shape index (κ3) is 3.13. The summed E-state index contributed by atoms with van der Waals surface area (Å²) in [6.07, 6.45) is 4.54. The number of anilines is 2. The molecule has 1 saturated heterocycles. The van der Waals surface area contributed by atoms with E-state index in [1.165, 1.54) is 18.2 Å². The quantitative estimate of drug-likeness (QED) is 0.772. The standard InChI is InChI=1S/C18H19N7O/c1-12-3-4-15(13(2)5-12)23-18(26)14-7-24(8-14)16-6-17(21-10-20-16)25-11-19-9-22-25/h3-6,9-11,14H,7-8H2,1-2H3,(H,23,26). The van der Waals surface area contributed by atoms with Crippen LogP contribution in [0.2, 0.25) is 0 Å². The van der Waals surface area contributed by atoms with Gasteiger partial charge in [0.15, 0.2) is 5.82 Å². The molecule has 3 aromatic rings. The van der Waals surface area contributed by atoms with Gasteiger partial charge in [-0.1, -0.05) is 17.7 Å². The van der Waals surface area contributed by atoms with E-state index in [1.54, 1.807) is 11.0 Å². The summed E-state index contributed by atoms with van der Waals surface area (Å²) in [6.45, 7) is 5.30. The van der Waals surface area contributed by atoms with Crippen LogP contribution in [-0.2, 0) is 4.79 Å². The number of rotatable bonds is 4. The number of hydrogen-bond donors (Lipinski definition) is 1. The van der Waals surface area contributed by atoms with Crippen LogP contribution in [-0.4, -0.2) is 43.7 Å². The molecule has 0 unspecified atom stereocenters. The summed E-state index contributed by atoms with van der Waals surface area (Å²) in [6, 6.07) is 7.86. The average Bonchev–Trinajstić information content (AvgIpc) is 3.11. The first-order chi connectivity index (χ1) is 12.6. The van der Waals surface area contributed by atoms with E-state index >= 15 is 0 Å². The molecule has 132 valence electrons. The summed E-state index contributed by atoms with van der Waals surface area (Å²) in [7, 11) is 0. The maximum Gasteiger partial charge on any atom is 0.231 e. The molecule has 1 N–H and O–H groups in total. The van der Waals surface area contributed by atoms with Crippen LogP contribution < -0.4 is 10.2 Å². The van der Waals surface area contributed by atoms with Crippen LogP contribution in [0.4, 0.5) is 11.5 Å². The van der Waals surface area contributed by atoms with E-state index in [2.05, 4.69) is 31.4 Å². The highest BCUT2D eigenvalue weighted by atomic mass is 16.2. The Morgan fingerprint density at radius 1 is 1.12 bits per heavy atom. The number of aromatic nitrogens is 5. The molecule has 0 radical (unpaired) electrons. The fraction of sp³-hybridized carbons (Fsp3) is 0.278. The Labute approximate surface area is 150 Å². The normalized spacial score (nSPS) is 14.2. The third-order valence-corrected chi connectivity index (χ3v) is 4.51. The van der Waals surface area contributed by atoms with Gasteiger partial charge in [-0.3, -0.25) is 4.79 Å². The Morgan fingerprint density at radius 3 is 2.65 bits per heavy atom. The van der Waals surface area contributed by atoms with Crippen molar-refractivity contribution in [3.8, 4) is 5.82 Å². The maximum absolute atomic E-state index is 12.5. The molecule has 8 nitrogen and oxygen atoms in total. The van der Waals surface area contributed by atoms with E-state index in [0.717, 1.165) is 17.1 Å². The molecule has 0 saturated carbocycles. The summed E-state index contributed by atoms with van der Waals surface area (Å²) in [5.41, 5.74) is 3.12. The Morgan fingerprint density at radius 2 is 1.92 bits per heavy atom. The molecule has 8 heteroatoms. The Balaban J connectivity index is 1.39. The lowest BCUT2D eigenvalue weighted by Gasteiger charge is -2.39. The van der Waals surface area contributed by atoms with Gasteiger partial charge in [0, 0.05) is 24.8 Å². The highest BCUT2D eigenvalue weighted by molar-refractivity contribution is 5.95. The lowest BCUT2D eigenvalue weighted by Crippen LogP contribution is -2.52. The van der Waals surface area contributed by atoms with Crippen LogP contribution in [0.5, 0.6) is 0 Å². The van der Waals surface area contributed by atoms with Gasteiger partial charge in [0.1, 0.15) is 24.8 Å². The van der Waals surface area contributed by atoms with Gasteiger partial charge in [0.05, 0.1) is 5.92 Å². The van der Waals surface area contributed by atoms with E-state index in [1.807, 2.05) is 36.9 Å². The van der Waals surface area contributed by atoms with Crippen molar-refractivity contribution in [1.82, 2.24) is 24.7 Å². The maximum atomic E-state index is 12.5. The first kappa shape index (κ1) is 16.2. The van der Waals surface area contributed by atoms with E-state index in [9.17, 15) is 4.79 Å². The summed E-state index contributed by atoms with van der Waals surface area (Å²) in [5, 5.41) is 7.09. The zero-order valence-electron chi connectivity index (χ0n) is 14.6. The fourth-order valence-electron chi connectivity index (χ4n) is 2.98. The molecule has 0 atom stereocenters. The summed E-state index contributed by atoms with van der Waals surface area (Å²) < 4.78 is 1.58. The zero-order valence-corrected chi connectivity index (χ0v) is 14.6. The van der Waals surface area contributed by atoms with Gasteiger partial charge in [0.2, 0.25) is 5.91 Å². The number of carbonyl (C=O) groups is 1. The van der Waals surface area contributed by atoms with Gasteiger partial charge in [-0.2, -0.15) is 5.10 Å². The predicted octanol–water partition coefficient (Wildman–Crippen LogP) is 1.75. The van der Waals surface area contributed by atoms with Crippen molar-refractivity contribution in [3.63, 3.8) is 0 Å². The van der Waals surface area contributed by atoms with Crippen molar-refractivity contribution in [1.29, 1.82) is 0 Å². The highest BCUT2D eigenvalue weighted by Gasteiger charge is 2.33. The lowest BCUT2D eigenvalue weighted by atomic mass is 9.98. The van der Waals surface area contributed by atoms with E-state index in [4.69, 9.17) is 0 Å². The molecule has 1 aromatic carbocycles. The lowest BCUT2D eigenvalue weighted by molar-refractivity contribution is -0.120. The largest absolute Gasteiger partial charge is 0.355 e. The average molecular weight is 349 g/mol. The van der Waals surface area contributed by atoms with Crippen molar-refractivity contribution in [3.05, 3.63) is 54.4 Å². The van der Waals surface area contributed by atoms with E-state index in [-0.39, 0.29) is 11.8 Å². The minimum Gasteiger partial charge on any atom is -0.355 e. The molecule has 1 aliphatic rings. The molecule has 1 aliphatic heterocycles. The van der Waals surface area contributed by atoms with Crippen LogP contribution in [0, 0.1) is 19.8 Å². The second-order valence-electron chi connectivity index (χ2n) is 6.48. The number of benzene rings is 1.